The van der Waals surface area contributed by atoms with Crippen LogP contribution in [0.4, 0.5) is 0 Å². The third-order valence-corrected chi connectivity index (χ3v) is 3.25. The first-order chi connectivity index (χ1) is 9.58. The summed E-state index contributed by atoms with van der Waals surface area (Å²) in [7, 11) is 1.58. The number of ether oxygens (including phenoxy) is 1. The van der Waals surface area contributed by atoms with Crippen LogP contribution in [-0.2, 0) is 16.0 Å². The van der Waals surface area contributed by atoms with Crippen molar-refractivity contribution >= 4 is 11.9 Å². The van der Waals surface area contributed by atoms with E-state index in [2.05, 4.69) is 5.32 Å². The van der Waals surface area contributed by atoms with Crippen LogP contribution in [0.2, 0.25) is 0 Å². The zero-order valence-electron chi connectivity index (χ0n) is 11.2. The largest absolute Gasteiger partial charge is 0.497 e. The SMILES string of the molecule is COc1cccc(CC(=O)NC2C=CC(C(=O)O)C2)c1. The first-order valence-electron chi connectivity index (χ1n) is 6.42. The number of benzene rings is 1. The van der Waals surface area contributed by atoms with Gasteiger partial charge >= 0.3 is 5.97 Å². The standard InChI is InChI=1S/C15H17NO4/c1-20-13-4-2-3-10(7-13)8-14(17)16-12-6-5-11(9-12)15(18)19/h2-7,11-12H,8-9H2,1H3,(H,16,17)(H,18,19). The number of nitrogens with one attached hydrogen (secondary N) is 1. The van der Waals surface area contributed by atoms with E-state index < -0.39 is 11.9 Å². The van der Waals surface area contributed by atoms with Gasteiger partial charge in [0.05, 0.1) is 19.4 Å². The van der Waals surface area contributed by atoms with E-state index in [9.17, 15) is 9.59 Å². The second-order valence-corrected chi connectivity index (χ2v) is 4.77. The molecule has 0 heterocycles. The van der Waals surface area contributed by atoms with Crippen LogP contribution in [0.25, 0.3) is 0 Å². The molecule has 0 saturated heterocycles. The van der Waals surface area contributed by atoms with Gasteiger partial charge in [0.25, 0.3) is 0 Å². The molecule has 1 amide bonds. The maximum absolute atomic E-state index is 11.9. The number of hydrogen-bond donors (Lipinski definition) is 2. The fraction of sp³-hybridized carbons (Fsp3) is 0.333. The molecular formula is C15H17NO4. The van der Waals surface area contributed by atoms with Crippen LogP contribution in [0.15, 0.2) is 36.4 Å². The summed E-state index contributed by atoms with van der Waals surface area (Å²) in [5, 5.41) is 11.7. The summed E-state index contributed by atoms with van der Waals surface area (Å²) in [6.07, 6.45) is 4.03. The molecule has 106 valence electrons. The van der Waals surface area contributed by atoms with Crippen molar-refractivity contribution in [3.8, 4) is 5.75 Å². The van der Waals surface area contributed by atoms with Gasteiger partial charge in [0.15, 0.2) is 0 Å². The van der Waals surface area contributed by atoms with Crippen LogP contribution in [-0.4, -0.2) is 30.1 Å². The number of rotatable bonds is 5. The highest BCUT2D eigenvalue weighted by molar-refractivity contribution is 5.80. The van der Waals surface area contributed by atoms with Crippen LogP contribution >= 0.6 is 0 Å². The minimum Gasteiger partial charge on any atom is -0.497 e. The smallest absolute Gasteiger partial charge is 0.310 e. The summed E-state index contributed by atoms with van der Waals surface area (Å²) in [6, 6.07) is 7.11. The molecule has 2 atom stereocenters. The minimum absolute atomic E-state index is 0.126. The van der Waals surface area contributed by atoms with Crippen LogP contribution in [0.3, 0.4) is 0 Å². The molecule has 1 aromatic carbocycles. The van der Waals surface area contributed by atoms with Crippen molar-refractivity contribution < 1.29 is 19.4 Å². The number of amides is 1. The van der Waals surface area contributed by atoms with E-state index in [0.717, 1.165) is 5.56 Å². The molecule has 0 saturated carbocycles. The topological polar surface area (TPSA) is 75.6 Å². The van der Waals surface area contributed by atoms with E-state index in [4.69, 9.17) is 9.84 Å². The van der Waals surface area contributed by atoms with Crippen molar-refractivity contribution in [2.75, 3.05) is 7.11 Å². The van der Waals surface area contributed by atoms with Gasteiger partial charge < -0.3 is 15.2 Å². The Bertz CT molecular complexity index is 538. The molecule has 5 heteroatoms. The summed E-state index contributed by atoms with van der Waals surface area (Å²) in [5.41, 5.74) is 0.860. The molecule has 1 aliphatic carbocycles. The quantitative estimate of drug-likeness (QED) is 0.796. The van der Waals surface area contributed by atoms with Crippen molar-refractivity contribution in [3.05, 3.63) is 42.0 Å². The molecule has 0 bridgehead atoms. The molecule has 1 aromatic rings. The molecular weight excluding hydrogens is 258 g/mol. The Hall–Kier alpha value is -2.30. The van der Waals surface area contributed by atoms with Crippen molar-refractivity contribution in [2.45, 2.75) is 18.9 Å². The summed E-state index contributed by atoms with van der Waals surface area (Å²) in [4.78, 5) is 22.7. The molecule has 5 nitrogen and oxygen atoms in total. The minimum atomic E-state index is -0.856. The van der Waals surface area contributed by atoms with Gasteiger partial charge in [-0.3, -0.25) is 9.59 Å². The van der Waals surface area contributed by atoms with Crippen molar-refractivity contribution in [1.29, 1.82) is 0 Å². The third kappa shape index (κ3) is 3.60. The highest BCUT2D eigenvalue weighted by atomic mass is 16.5. The highest BCUT2D eigenvalue weighted by Crippen LogP contribution is 2.18. The van der Waals surface area contributed by atoms with Gasteiger partial charge in [0, 0.05) is 6.04 Å². The van der Waals surface area contributed by atoms with Gasteiger partial charge in [-0.25, -0.2) is 0 Å². The summed E-state index contributed by atoms with van der Waals surface area (Å²) < 4.78 is 5.10. The van der Waals surface area contributed by atoms with Gasteiger partial charge in [-0.15, -0.1) is 0 Å². The number of methoxy groups -OCH3 is 1. The van der Waals surface area contributed by atoms with Crippen LogP contribution < -0.4 is 10.1 Å². The Morgan fingerprint density at radius 2 is 2.20 bits per heavy atom. The predicted octanol–water partition coefficient (Wildman–Crippen LogP) is 1.38. The lowest BCUT2D eigenvalue weighted by atomic mass is 10.1. The van der Waals surface area contributed by atoms with Gasteiger partial charge in [0.1, 0.15) is 5.75 Å². The van der Waals surface area contributed by atoms with Crippen molar-refractivity contribution in [2.24, 2.45) is 5.92 Å². The van der Waals surface area contributed by atoms with E-state index >= 15 is 0 Å². The average molecular weight is 275 g/mol. The fourth-order valence-corrected chi connectivity index (χ4v) is 2.21. The number of carbonyl (C=O) groups is 2. The molecule has 0 fully saturated rings. The highest BCUT2D eigenvalue weighted by Gasteiger charge is 2.25. The molecule has 0 aromatic heterocycles. The lowest BCUT2D eigenvalue weighted by molar-refractivity contribution is -0.140. The van der Waals surface area contributed by atoms with Crippen molar-refractivity contribution in [1.82, 2.24) is 5.32 Å². The van der Waals surface area contributed by atoms with E-state index in [1.165, 1.54) is 0 Å². The van der Waals surface area contributed by atoms with Gasteiger partial charge in [-0.2, -0.15) is 0 Å². The summed E-state index contributed by atoms with van der Waals surface area (Å²) in [6.45, 7) is 0. The predicted molar refractivity (Wildman–Crippen MR) is 73.5 cm³/mol. The normalized spacial score (nSPS) is 20.6. The summed E-state index contributed by atoms with van der Waals surface area (Å²) >= 11 is 0. The first-order valence-corrected chi connectivity index (χ1v) is 6.42. The fourth-order valence-electron chi connectivity index (χ4n) is 2.21. The summed E-state index contributed by atoms with van der Waals surface area (Å²) in [5.74, 6) is -0.774. The van der Waals surface area contributed by atoms with Gasteiger partial charge in [-0.05, 0) is 24.1 Å². The Balaban J connectivity index is 1.87. The average Bonchev–Trinajstić information content (AvgIpc) is 2.87. The van der Waals surface area contributed by atoms with Crippen LogP contribution in [0.5, 0.6) is 5.75 Å². The van der Waals surface area contributed by atoms with E-state index in [0.29, 0.717) is 12.2 Å². The van der Waals surface area contributed by atoms with Gasteiger partial charge in [0.2, 0.25) is 5.91 Å². The third-order valence-electron chi connectivity index (χ3n) is 3.25. The lowest BCUT2D eigenvalue weighted by Crippen LogP contribution is -2.34. The van der Waals surface area contributed by atoms with E-state index in [1.54, 1.807) is 19.3 Å². The van der Waals surface area contributed by atoms with E-state index in [1.807, 2.05) is 24.3 Å². The zero-order valence-corrected chi connectivity index (χ0v) is 11.2. The monoisotopic (exact) mass is 275 g/mol. The number of hydrogen-bond acceptors (Lipinski definition) is 3. The molecule has 1 aliphatic rings. The number of carboxylic acid groups (broad SMARTS) is 1. The maximum Gasteiger partial charge on any atom is 0.310 e. The Morgan fingerprint density at radius 3 is 2.85 bits per heavy atom. The molecule has 0 radical (unpaired) electrons. The lowest BCUT2D eigenvalue weighted by Gasteiger charge is -2.12. The number of carboxylic acids is 1. The molecule has 0 aliphatic heterocycles. The molecule has 2 N–H and O–H groups in total. The molecule has 20 heavy (non-hydrogen) atoms. The Labute approximate surface area is 117 Å². The van der Waals surface area contributed by atoms with Crippen LogP contribution in [0.1, 0.15) is 12.0 Å². The molecule has 0 spiro atoms. The molecule has 2 rings (SSSR count). The first kappa shape index (κ1) is 14.1. The second-order valence-electron chi connectivity index (χ2n) is 4.77. The van der Waals surface area contributed by atoms with Crippen molar-refractivity contribution in [3.63, 3.8) is 0 Å². The van der Waals surface area contributed by atoms with E-state index in [-0.39, 0.29) is 18.4 Å². The molecule has 2 unspecified atom stereocenters. The Kier molecular flexibility index (Phi) is 4.40. The zero-order chi connectivity index (χ0) is 14.5. The maximum atomic E-state index is 11.9. The van der Waals surface area contributed by atoms with Gasteiger partial charge in [-0.1, -0.05) is 24.3 Å². The van der Waals surface area contributed by atoms with Crippen LogP contribution in [0, 0.1) is 5.92 Å². The second kappa shape index (κ2) is 6.23. The Morgan fingerprint density at radius 1 is 1.40 bits per heavy atom. The number of carbonyl (C=O) groups excluding carboxylic acids is 1. The number of aliphatic carboxylic acids is 1.